The largest absolute Gasteiger partial charge is 0.468 e. The molecule has 0 saturated carbocycles. The van der Waals surface area contributed by atoms with Crippen molar-refractivity contribution in [3.8, 4) is 33.4 Å². The second kappa shape index (κ2) is 20.0. The lowest BCUT2D eigenvalue weighted by Crippen LogP contribution is -2.61. The number of benzene rings is 10. The van der Waals surface area contributed by atoms with E-state index in [1.54, 1.807) is 0 Å². The Kier molecular flexibility index (Phi) is 12.9. The monoisotopic (exact) mass is 1080 g/mol. The predicted octanol–water partition coefficient (Wildman–Crippen LogP) is 20.2. The summed E-state index contributed by atoms with van der Waals surface area (Å²) in [4.78, 5) is 7.50. The van der Waals surface area contributed by atoms with E-state index in [4.69, 9.17) is 4.42 Å². The van der Waals surface area contributed by atoms with Gasteiger partial charge in [-0.3, -0.25) is 0 Å². The van der Waals surface area contributed by atoms with Crippen LogP contribution in [0.25, 0.3) is 44.3 Å². The topological polar surface area (TPSA) is 22.9 Å². The van der Waals surface area contributed by atoms with E-state index in [-0.39, 0.29) is 28.4 Å². The van der Waals surface area contributed by atoms with E-state index in [1.165, 1.54) is 49.9 Å². The van der Waals surface area contributed by atoms with E-state index < -0.39 is 0 Å². The van der Waals surface area contributed by atoms with Crippen molar-refractivity contribution in [2.45, 2.75) is 105 Å². The molecule has 11 aromatic rings. The predicted molar refractivity (Wildman–Crippen MR) is 356 cm³/mol. The van der Waals surface area contributed by atoms with Crippen molar-refractivity contribution >= 4 is 85.5 Å². The molecule has 4 nitrogen and oxygen atoms in total. The second-order valence-electron chi connectivity index (χ2n) is 27.1. The molecule has 0 unspecified atom stereocenters. The summed E-state index contributed by atoms with van der Waals surface area (Å²) in [6.45, 7) is 27.2. The quantitative estimate of drug-likeness (QED) is 0.141. The third-order valence-electron chi connectivity index (χ3n) is 17.3. The third kappa shape index (κ3) is 9.64. The van der Waals surface area contributed by atoms with Crippen molar-refractivity contribution in [2.24, 2.45) is 0 Å². The molecule has 13 rings (SSSR count). The standard InChI is InChI=1S/C78H74BN3O/c1-75(2,3)55-28-36-59(37-29-55)80(60-38-30-56(31-39-60)76(4,5)6)63-44-45-67-68(50-63)81(61-40-32-57(33-41-61)77(7,8)9)69-48-54(51-21-15-13-16-22-51)49-70-72(69)79(67)74-73(82(70)62-42-34-58(35-43-62)78(10,11)12)66-47-53(27-46-71(66)83-74)65-26-20-19-25-64(65)52-23-17-14-18-24-52/h13-50H,1-12H3. The van der Waals surface area contributed by atoms with E-state index in [0.717, 1.165) is 84.5 Å². The Morgan fingerprint density at radius 2 is 0.783 bits per heavy atom. The van der Waals surface area contributed by atoms with E-state index in [9.17, 15) is 0 Å². The number of anilines is 9. The van der Waals surface area contributed by atoms with Crippen LogP contribution in [0.1, 0.15) is 105 Å². The van der Waals surface area contributed by atoms with Gasteiger partial charge in [0.15, 0.2) is 0 Å². The number of furan rings is 1. The van der Waals surface area contributed by atoms with Crippen molar-refractivity contribution in [1.29, 1.82) is 0 Å². The molecule has 1 aromatic heterocycles. The third-order valence-corrected chi connectivity index (χ3v) is 17.3. The van der Waals surface area contributed by atoms with Gasteiger partial charge in [0.2, 0.25) is 0 Å². The van der Waals surface area contributed by atoms with Crippen LogP contribution in [-0.4, -0.2) is 6.71 Å². The lowest BCUT2D eigenvalue weighted by atomic mass is 9.35. The maximum atomic E-state index is 7.56. The molecule has 0 fully saturated rings. The molecule has 0 amide bonds. The van der Waals surface area contributed by atoms with Crippen molar-refractivity contribution in [3.63, 3.8) is 0 Å². The number of hydrogen-bond donors (Lipinski definition) is 0. The minimum Gasteiger partial charge on any atom is -0.468 e. The van der Waals surface area contributed by atoms with Crippen molar-refractivity contribution in [1.82, 2.24) is 0 Å². The van der Waals surface area contributed by atoms with Gasteiger partial charge in [0, 0.05) is 50.9 Å². The van der Waals surface area contributed by atoms with Gasteiger partial charge in [0.1, 0.15) is 5.58 Å². The van der Waals surface area contributed by atoms with Gasteiger partial charge in [-0.1, -0.05) is 229 Å². The normalized spacial score (nSPS) is 13.2. The van der Waals surface area contributed by atoms with Gasteiger partial charge >= 0.3 is 0 Å². The zero-order valence-corrected chi connectivity index (χ0v) is 50.3. The van der Waals surface area contributed by atoms with Crippen LogP contribution in [0.15, 0.2) is 235 Å². The van der Waals surface area contributed by atoms with Crippen molar-refractivity contribution < 1.29 is 4.42 Å². The van der Waals surface area contributed by atoms with Gasteiger partial charge in [0.05, 0.1) is 11.3 Å². The maximum absolute atomic E-state index is 7.56. The van der Waals surface area contributed by atoms with Crippen LogP contribution in [0.3, 0.4) is 0 Å². The van der Waals surface area contributed by atoms with E-state index >= 15 is 0 Å². The molecule has 2 aliphatic heterocycles. The Morgan fingerprint density at radius 3 is 1.29 bits per heavy atom. The van der Waals surface area contributed by atoms with Gasteiger partial charge in [-0.05, 0) is 173 Å². The van der Waals surface area contributed by atoms with Crippen LogP contribution in [-0.2, 0) is 21.7 Å². The molecule has 0 radical (unpaired) electrons. The van der Waals surface area contributed by atoms with Crippen LogP contribution in [0.5, 0.6) is 0 Å². The van der Waals surface area contributed by atoms with Gasteiger partial charge < -0.3 is 19.1 Å². The number of rotatable bonds is 8. The Hall–Kier alpha value is -8.80. The molecular weight excluding hydrogens is 1010 g/mol. The SMILES string of the molecule is CC(C)(C)c1ccc(N(c2ccc(C(C)(C)C)cc2)c2ccc3c(c2)N(c2ccc(C(C)(C)C)cc2)c2cc(-c4ccccc4)cc4c2B3c2oc3ccc(-c5ccccc5-c5ccccc5)cc3c2N4c2ccc(C(C)(C)C)cc2)cc1. The van der Waals surface area contributed by atoms with Crippen LogP contribution in [0, 0.1) is 0 Å². The summed E-state index contributed by atoms with van der Waals surface area (Å²) in [5.41, 5.74) is 26.1. The first-order valence-corrected chi connectivity index (χ1v) is 29.6. The first-order chi connectivity index (χ1) is 39.7. The molecule has 0 bridgehead atoms. The fourth-order valence-corrected chi connectivity index (χ4v) is 12.6. The van der Waals surface area contributed by atoms with Crippen LogP contribution in [0.4, 0.5) is 51.2 Å². The molecular formula is C78H74BN3O. The van der Waals surface area contributed by atoms with E-state index in [1.807, 2.05) is 0 Å². The number of fused-ring (bicyclic) bond motifs is 6. The van der Waals surface area contributed by atoms with Gasteiger partial charge in [-0.2, -0.15) is 0 Å². The molecule has 410 valence electrons. The summed E-state index contributed by atoms with van der Waals surface area (Å²) in [7, 11) is 0. The highest BCUT2D eigenvalue weighted by molar-refractivity contribution is 7.00. The fourth-order valence-electron chi connectivity index (χ4n) is 12.6. The second-order valence-corrected chi connectivity index (χ2v) is 27.1. The molecule has 5 heteroatoms. The summed E-state index contributed by atoms with van der Waals surface area (Å²) in [5, 5.41) is 1.07. The maximum Gasteiger partial charge on any atom is 0.297 e. The number of hydrogen-bond acceptors (Lipinski definition) is 4. The molecule has 2 aliphatic rings. The van der Waals surface area contributed by atoms with Crippen LogP contribution >= 0.6 is 0 Å². The molecule has 0 spiro atoms. The first kappa shape index (κ1) is 53.5. The average Bonchev–Trinajstić information content (AvgIpc) is 2.08. The molecule has 3 heterocycles. The Balaban J connectivity index is 1.11. The summed E-state index contributed by atoms with van der Waals surface area (Å²) in [5.74, 6) is 0. The molecule has 83 heavy (non-hydrogen) atoms. The molecule has 10 aromatic carbocycles. The molecule has 0 aliphatic carbocycles. The zero-order chi connectivity index (χ0) is 57.7. The number of nitrogens with zero attached hydrogens (tertiary/aromatic N) is 3. The Labute approximate surface area is 492 Å². The summed E-state index contributed by atoms with van der Waals surface area (Å²) in [6, 6.07) is 86.4. The first-order valence-electron chi connectivity index (χ1n) is 29.6. The Bertz CT molecular complexity index is 4150. The molecule has 0 atom stereocenters. The van der Waals surface area contributed by atoms with Gasteiger partial charge in [-0.15, -0.1) is 0 Å². The molecule has 0 N–H and O–H groups in total. The van der Waals surface area contributed by atoms with Crippen LogP contribution < -0.4 is 31.3 Å². The average molecular weight is 1080 g/mol. The summed E-state index contributed by atoms with van der Waals surface area (Å²) >= 11 is 0. The van der Waals surface area contributed by atoms with Crippen molar-refractivity contribution in [2.75, 3.05) is 14.7 Å². The summed E-state index contributed by atoms with van der Waals surface area (Å²) < 4.78 is 7.56. The van der Waals surface area contributed by atoms with E-state index in [2.05, 4.69) is 328 Å². The Morgan fingerprint density at radius 1 is 0.349 bits per heavy atom. The highest BCUT2D eigenvalue weighted by Crippen LogP contribution is 2.51. The minimum absolute atomic E-state index is 0.00655. The fraction of sp³-hybridized carbons (Fsp3) is 0.205. The summed E-state index contributed by atoms with van der Waals surface area (Å²) in [6.07, 6.45) is 0. The molecule has 0 saturated heterocycles. The van der Waals surface area contributed by atoms with Crippen LogP contribution in [0.2, 0.25) is 0 Å². The lowest BCUT2D eigenvalue weighted by molar-refractivity contribution is 0.590. The van der Waals surface area contributed by atoms with Gasteiger partial charge in [0.25, 0.3) is 6.71 Å². The zero-order valence-electron chi connectivity index (χ0n) is 50.3. The lowest BCUT2D eigenvalue weighted by Gasteiger charge is -2.43. The van der Waals surface area contributed by atoms with Gasteiger partial charge in [-0.25, -0.2) is 0 Å². The van der Waals surface area contributed by atoms with Crippen molar-refractivity contribution in [3.05, 3.63) is 253 Å². The highest BCUT2D eigenvalue weighted by Gasteiger charge is 2.47. The minimum atomic E-state index is -0.267. The highest BCUT2D eigenvalue weighted by atomic mass is 16.3. The smallest absolute Gasteiger partial charge is 0.297 e. The van der Waals surface area contributed by atoms with E-state index in [0.29, 0.717) is 0 Å².